The SMILES string of the molecule is O=C(O)C1=C(O)C(=O)C2C(=C1O)CCc1ccccc12. The zero-order chi connectivity index (χ0) is 14.4. The second-order valence-corrected chi connectivity index (χ2v) is 4.90. The van der Waals surface area contributed by atoms with Gasteiger partial charge in [0.25, 0.3) is 0 Å². The van der Waals surface area contributed by atoms with Crippen LogP contribution in [0.5, 0.6) is 0 Å². The molecular weight excluding hydrogens is 260 g/mol. The Morgan fingerprint density at radius 3 is 2.50 bits per heavy atom. The molecule has 5 heteroatoms. The highest BCUT2D eigenvalue weighted by molar-refractivity contribution is 6.10. The molecule has 20 heavy (non-hydrogen) atoms. The number of carboxylic acids is 1. The Morgan fingerprint density at radius 2 is 1.80 bits per heavy atom. The molecule has 0 aliphatic heterocycles. The molecule has 3 N–H and O–H groups in total. The number of carbonyl (C=O) groups is 2. The van der Waals surface area contributed by atoms with Gasteiger partial charge in [-0.1, -0.05) is 24.3 Å². The third-order valence-corrected chi connectivity index (χ3v) is 3.87. The van der Waals surface area contributed by atoms with Crippen LogP contribution >= 0.6 is 0 Å². The molecule has 1 aromatic rings. The van der Waals surface area contributed by atoms with Gasteiger partial charge in [-0.15, -0.1) is 0 Å². The number of hydrogen-bond donors (Lipinski definition) is 3. The van der Waals surface area contributed by atoms with Crippen molar-refractivity contribution in [1.82, 2.24) is 0 Å². The van der Waals surface area contributed by atoms with Crippen LogP contribution in [0.4, 0.5) is 0 Å². The zero-order valence-electron chi connectivity index (χ0n) is 10.5. The van der Waals surface area contributed by atoms with Crippen LogP contribution in [0.2, 0.25) is 0 Å². The highest BCUT2D eigenvalue weighted by Crippen LogP contribution is 2.43. The topological polar surface area (TPSA) is 94.8 Å². The van der Waals surface area contributed by atoms with Crippen molar-refractivity contribution in [2.45, 2.75) is 18.8 Å². The summed E-state index contributed by atoms with van der Waals surface area (Å²) < 4.78 is 0. The fourth-order valence-electron chi connectivity index (χ4n) is 2.93. The largest absolute Gasteiger partial charge is 0.507 e. The Hall–Kier alpha value is -2.56. The Balaban J connectivity index is 2.23. The summed E-state index contributed by atoms with van der Waals surface area (Å²) in [5.41, 5.74) is 1.39. The monoisotopic (exact) mass is 272 g/mol. The summed E-state index contributed by atoms with van der Waals surface area (Å²) in [5, 5.41) is 28.9. The van der Waals surface area contributed by atoms with E-state index in [0.717, 1.165) is 11.1 Å². The number of carboxylic acid groups (broad SMARTS) is 1. The fraction of sp³-hybridized carbons (Fsp3) is 0.200. The number of carbonyl (C=O) groups excluding carboxylic acids is 1. The van der Waals surface area contributed by atoms with E-state index in [4.69, 9.17) is 5.11 Å². The average Bonchev–Trinajstić information content (AvgIpc) is 2.43. The van der Waals surface area contributed by atoms with E-state index in [1.165, 1.54) is 0 Å². The lowest BCUT2D eigenvalue weighted by Gasteiger charge is -2.31. The number of aliphatic hydroxyl groups excluding tert-OH is 2. The van der Waals surface area contributed by atoms with Crippen molar-refractivity contribution in [2.75, 3.05) is 0 Å². The first kappa shape index (κ1) is 12.5. The molecule has 0 bridgehead atoms. The Kier molecular flexibility index (Phi) is 2.64. The van der Waals surface area contributed by atoms with Gasteiger partial charge in [-0.05, 0) is 29.5 Å². The van der Waals surface area contributed by atoms with Crippen LogP contribution in [0, 0.1) is 0 Å². The normalized spacial score (nSPS) is 21.6. The van der Waals surface area contributed by atoms with E-state index >= 15 is 0 Å². The lowest BCUT2D eigenvalue weighted by Crippen LogP contribution is -2.30. The van der Waals surface area contributed by atoms with E-state index in [1.54, 1.807) is 12.1 Å². The lowest BCUT2D eigenvalue weighted by atomic mass is 9.72. The highest BCUT2D eigenvalue weighted by Gasteiger charge is 2.42. The molecule has 0 amide bonds. The lowest BCUT2D eigenvalue weighted by molar-refractivity contribution is -0.133. The summed E-state index contributed by atoms with van der Waals surface area (Å²) >= 11 is 0. The predicted molar refractivity (Wildman–Crippen MR) is 69.5 cm³/mol. The van der Waals surface area contributed by atoms with Crippen molar-refractivity contribution in [1.29, 1.82) is 0 Å². The zero-order valence-corrected chi connectivity index (χ0v) is 10.5. The van der Waals surface area contributed by atoms with Crippen molar-refractivity contribution in [3.63, 3.8) is 0 Å². The van der Waals surface area contributed by atoms with Gasteiger partial charge < -0.3 is 15.3 Å². The van der Waals surface area contributed by atoms with Gasteiger partial charge in [0.2, 0.25) is 5.78 Å². The van der Waals surface area contributed by atoms with Crippen molar-refractivity contribution < 1.29 is 24.9 Å². The Bertz CT molecular complexity index is 696. The molecule has 0 saturated heterocycles. The molecule has 1 atom stereocenters. The quantitative estimate of drug-likeness (QED) is 0.727. The molecule has 0 aromatic heterocycles. The third-order valence-electron chi connectivity index (χ3n) is 3.87. The standard InChI is InChI=1S/C15H12O5/c16-12-9-6-5-7-3-1-2-4-8(7)10(9)13(17)14(18)11(12)15(19)20/h1-4,10,16,18H,5-6H2,(H,19,20). The number of benzene rings is 1. The predicted octanol–water partition coefficient (Wildman–Crippen LogP) is 2.01. The first-order valence-electron chi connectivity index (χ1n) is 6.23. The van der Waals surface area contributed by atoms with E-state index in [2.05, 4.69) is 0 Å². The average molecular weight is 272 g/mol. The van der Waals surface area contributed by atoms with Gasteiger partial charge >= 0.3 is 5.97 Å². The summed E-state index contributed by atoms with van der Waals surface area (Å²) in [6, 6.07) is 7.30. The molecule has 0 heterocycles. The fourth-order valence-corrected chi connectivity index (χ4v) is 2.93. The molecule has 0 spiro atoms. The Labute approximate surface area is 114 Å². The number of allylic oxidation sites excluding steroid dienone is 2. The first-order chi connectivity index (χ1) is 9.52. The number of ketones is 1. The summed E-state index contributed by atoms with van der Waals surface area (Å²) in [7, 11) is 0. The number of hydrogen-bond acceptors (Lipinski definition) is 4. The molecular formula is C15H12O5. The number of rotatable bonds is 1. The molecule has 3 rings (SSSR count). The molecule has 102 valence electrons. The highest BCUT2D eigenvalue weighted by atomic mass is 16.4. The maximum absolute atomic E-state index is 12.3. The van der Waals surface area contributed by atoms with Gasteiger partial charge in [0.1, 0.15) is 11.3 Å². The summed E-state index contributed by atoms with van der Waals surface area (Å²) in [6.07, 6.45) is 1.04. The maximum Gasteiger partial charge on any atom is 0.343 e. The molecule has 0 fully saturated rings. The minimum Gasteiger partial charge on any atom is -0.507 e. The van der Waals surface area contributed by atoms with Crippen LogP contribution < -0.4 is 0 Å². The van der Waals surface area contributed by atoms with Gasteiger partial charge in [0.05, 0.1) is 5.92 Å². The second kappa shape index (κ2) is 4.23. The van der Waals surface area contributed by atoms with Gasteiger partial charge in [-0.25, -0.2) is 4.79 Å². The molecule has 1 aromatic carbocycles. The minimum atomic E-state index is -1.50. The smallest absolute Gasteiger partial charge is 0.343 e. The number of aliphatic hydroxyl groups is 2. The van der Waals surface area contributed by atoms with Crippen LogP contribution in [-0.2, 0) is 16.0 Å². The maximum atomic E-state index is 12.3. The number of Topliss-reactive ketones (excluding diaryl/α,β-unsaturated/α-hetero) is 1. The van der Waals surface area contributed by atoms with Gasteiger partial charge in [-0.3, -0.25) is 4.79 Å². The third kappa shape index (κ3) is 1.56. The van der Waals surface area contributed by atoms with Crippen LogP contribution in [0.1, 0.15) is 23.5 Å². The van der Waals surface area contributed by atoms with Crippen molar-refractivity contribution in [3.05, 3.63) is 58.1 Å². The summed E-state index contributed by atoms with van der Waals surface area (Å²) in [6.45, 7) is 0. The van der Waals surface area contributed by atoms with Gasteiger partial charge in [0, 0.05) is 0 Å². The van der Waals surface area contributed by atoms with E-state index in [-0.39, 0.29) is 0 Å². The number of aliphatic carboxylic acids is 1. The summed E-state index contributed by atoms with van der Waals surface area (Å²) in [4.78, 5) is 23.3. The molecule has 2 aliphatic carbocycles. The van der Waals surface area contributed by atoms with Crippen molar-refractivity contribution >= 4 is 11.8 Å². The van der Waals surface area contributed by atoms with Crippen molar-refractivity contribution in [3.8, 4) is 0 Å². The second-order valence-electron chi connectivity index (χ2n) is 4.90. The molecule has 2 aliphatic rings. The summed E-state index contributed by atoms with van der Waals surface area (Å²) in [5.74, 6) is -4.29. The van der Waals surface area contributed by atoms with E-state index in [0.29, 0.717) is 18.4 Å². The van der Waals surface area contributed by atoms with Crippen LogP contribution in [0.25, 0.3) is 0 Å². The van der Waals surface area contributed by atoms with Gasteiger partial charge in [0.15, 0.2) is 5.76 Å². The van der Waals surface area contributed by atoms with E-state index in [1.807, 2.05) is 12.1 Å². The van der Waals surface area contributed by atoms with Crippen LogP contribution in [0.3, 0.4) is 0 Å². The van der Waals surface area contributed by atoms with Crippen molar-refractivity contribution in [2.24, 2.45) is 0 Å². The van der Waals surface area contributed by atoms with Crippen LogP contribution in [0.15, 0.2) is 46.9 Å². The molecule has 0 radical (unpaired) electrons. The van der Waals surface area contributed by atoms with E-state index in [9.17, 15) is 19.8 Å². The molecule has 0 saturated carbocycles. The molecule has 1 unspecified atom stereocenters. The minimum absolute atomic E-state index is 0.379. The molecule has 5 nitrogen and oxygen atoms in total. The van der Waals surface area contributed by atoms with Gasteiger partial charge in [-0.2, -0.15) is 0 Å². The number of fused-ring (bicyclic) bond motifs is 3. The first-order valence-corrected chi connectivity index (χ1v) is 6.23. The van der Waals surface area contributed by atoms with E-state index < -0.39 is 34.8 Å². The number of aryl methyl sites for hydroxylation is 1. The van der Waals surface area contributed by atoms with Crippen LogP contribution in [-0.4, -0.2) is 27.1 Å². The Morgan fingerprint density at radius 1 is 1.10 bits per heavy atom.